The Labute approximate surface area is 109 Å². The number of aromatic nitrogens is 1. The summed E-state index contributed by atoms with van der Waals surface area (Å²) in [6.07, 6.45) is 4.48. The van der Waals surface area contributed by atoms with E-state index < -0.39 is 9.84 Å². The third-order valence-corrected chi connectivity index (χ3v) is 4.53. The SMILES string of the molecule is CSc1ccc(-c2cnoc2N)cc1S(C)(=O)=O. The van der Waals surface area contributed by atoms with Crippen LogP contribution in [0.25, 0.3) is 11.1 Å². The Morgan fingerprint density at radius 1 is 1.39 bits per heavy atom. The Bertz CT molecular complexity index is 677. The highest BCUT2D eigenvalue weighted by molar-refractivity contribution is 7.99. The number of sulfone groups is 1. The number of nitrogens with zero attached hydrogens (tertiary/aromatic N) is 1. The van der Waals surface area contributed by atoms with E-state index in [4.69, 9.17) is 10.3 Å². The van der Waals surface area contributed by atoms with Crippen LogP contribution in [0.1, 0.15) is 0 Å². The Morgan fingerprint density at radius 3 is 2.61 bits per heavy atom. The molecule has 0 atom stereocenters. The van der Waals surface area contributed by atoms with Crippen molar-refractivity contribution in [2.24, 2.45) is 0 Å². The zero-order valence-electron chi connectivity index (χ0n) is 9.88. The fourth-order valence-corrected chi connectivity index (χ4v) is 3.54. The summed E-state index contributed by atoms with van der Waals surface area (Å²) < 4.78 is 28.2. The molecule has 0 aliphatic carbocycles. The maximum absolute atomic E-state index is 11.7. The Balaban J connectivity index is 2.64. The fourth-order valence-electron chi connectivity index (χ4n) is 1.60. The fraction of sp³-hybridized carbons (Fsp3) is 0.182. The lowest BCUT2D eigenvalue weighted by Crippen LogP contribution is -1.99. The molecule has 2 aromatic rings. The van der Waals surface area contributed by atoms with Crippen LogP contribution in [0.4, 0.5) is 5.88 Å². The van der Waals surface area contributed by atoms with Crippen molar-refractivity contribution in [3.8, 4) is 11.1 Å². The standard InChI is InChI=1S/C11H12N2O3S2/c1-17-9-4-3-7(5-10(9)18(2,14)15)8-6-13-16-11(8)12/h3-6H,12H2,1-2H3. The molecule has 96 valence electrons. The average molecular weight is 284 g/mol. The quantitative estimate of drug-likeness (QED) is 0.868. The number of hydrogen-bond acceptors (Lipinski definition) is 6. The summed E-state index contributed by atoms with van der Waals surface area (Å²) in [7, 11) is -3.28. The second-order valence-electron chi connectivity index (χ2n) is 3.74. The van der Waals surface area contributed by atoms with Gasteiger partial charge in [0, 0.05) is 11.2 Å². The van der Waals surface area contributed by atoms with Crippen molar-refractivity contribution in [3.63, 3.8) is 0 Å². The van der Waals surface area contributed by atoms with E-state index >= 15 is 0 Å². The molecule has 0 aliphatic rings. The van der Waals surface area contributed by atoms with Crippen LogP contribution in [-0.4, -0.2) is 26.1 Å². The molecule has 1 aromatic heterocycles. The van der Waals surface area contributed by atoms with E-state index in [-0.39, 0.29) is 10.8 Å². The molecule has 0 bridgehead atoms. The maximum atomic E-state index is 11.7. The summed E-state index contributed by atoms with van der Waals surface area (Å²) in [6.45, 7) is 0. The molecule has 5 nitrogen and oxygen atoms in total. The molecule has 0 radical (unpaired) electrons. The number of thioether (sulfide) groups is 1. The molecule has 0 saturated heterocycles. The number of rotatable bonds is 3. The Kier molecular flexibility index (Phi) is 3.36. The third kappa shape index (κ3) is 2.37. The van der Waals surface area contributed by atoms with Crippen LogP contribution in [0, 0.1) is 0 Å². The first-order valence-electron chi connectivity index (χ1n) is 5.02. The monoisotopic (exact) mass is 284 g/mol. The second kappa shape index (κ2) is 4.66. The second-order valence-corrected chi connectivity index (χ2v) is 6.57. The molecule has 18 heavy (non-hydrogen) atoms. The van der Waals surface area contributed by atoms with Gasteiger partial charge in [0.15, 0.2) is 9.84 Å². The van der Waals surface area contributed by atoms with Crippen molar-refractivity contribution >= 4 is 27.5 Å². The van der Waals surface area contributed by atoms with Gasteiger partial charge in [-0.2, -0.15) is 0 Å². The molecule has 0 aliphatic heterocycles. The minimum atomic E-state index is -3.28. The van der Waals surface area contributed by atoms with E-state index in [0.29, 0.717) is 16.0 Å². The van der Waals surface area contributed by atoms with Crippen LogP contribution >= 0.6 is 11.8 Å². The molecule has 2 rings (SSSR count). The summed E-state index contributed by atoms with van der Waals surface area (Å²) in [5, 5.41) is 3.58. The minimum absolute atomic E-state index is 0.173. The van der Waals surface area contributed by atoms with Crippen LogP contribution < -0.4 is 5.73 Å². The maximum Gasteiger partial charge on any atom is 0.229 e. The highest BCUT2D eigenvalue weighted by Gasteiger charge is 2.16. The molecule has 7 heteroatoms. The van der Waals surface area contributed by atoms with Gasteiger partial charge in [-0.05, 0) is 24.0 Å². The first kappa shape index (κ1) is 13.0. The van der Waals surface area contributed by atoms with Gasteiger partial charge in [-0.1, -0.05) is 11.2 Å². The van der Waals surface area contributed by atoms with Crippen molar-refractivity contribution in [2.75, 3.05) is 18.2 Å². The van der Waals surface area contributed by atoms with Gasteiger partial charge in [0.05, 0.1) is 16.7 Å². The Morgan fingerprint density at radius 2 is 2.11 bits per heavy atom. The molecular weight excluding hydrogens is 272 g/mol. The molecule has 0 saturated carbocycles. The van der Waals surface area contributed by atoms with Crippen molar-refractivity contribution < 1.29 is 12.9 Å². The molecular formula is C11H12N2O3S2. The van der Waals surface area contributed by atoms with E-state index in [1.54, 1.807) is 18.2 Å². The van der Waals surface area contributed by atoms with Gasteiger partial charge >= 0.3 is 0 Å². The van der Waals surface area contributed by atoms with Crippen molar-refractivity contribution in [1.29, 1.82) is 0 Å². The van der Waals surface area contributed by atoms with Crippen molar-refractivity contribution in [3.05, 3.63) is 24.4 Å². The van der Waals surface area contributed by atoms with Gasteiger partial charge in [-0.3, -0.25) is 0 Å². The molecule has 1 heterocycles. The summed E-state index contributed by atoms with van der Waals surface area (Å²) in [4.78, 5) is 0.990. The minimum Gasteiger partial charge on any atom is -0.367 e. The number of hydrogen-bond donors (Lipinski definition) is 1. The van der Waals surface area contributed by atoms with Crippen molar-refractivity contribution in [2.45, 2.75) is 9.79 Å². The molecule has 0 amide bonds. The van der Waals surface area contributed by atoms with Crippen LogP contribution in [0.2, 0.25) is 0 Å². The van der Waals surface area contributed by atoms with Crippen LogP contribution in [0.15, 0.2) is 38.7 Å². The highest BCUT2D eigenvalue weighted by Crippen LogP contribution is 2.32. The van der Waals surface area contributed by atoms with Gasteiger partial charge in [0.2, 0.25) is 5.88 Å². The van der Waals surface area contributed by atoms with Gasteiger partial charge in [-0.15, -0.1) is 11.8 Å². The lowest BCUT2D eigenvalue weighted by Gasteiger charge is -2.07. The highest BCUT2D eigenvalue weighted by atomic mass is 32.2. The molecule has 2 N–H and O–H groups in total. The molecule has 0 fully saturated rings. The number of nitrogens with two attached hydrogens (primary N) is 1. The lowest BCUT2D eigenvalue weighted by molar-refractivity contribution is 0.436. The van der Waals surface area contributed by atoms with Gasteiger partial charge in [-0.25, -0.2) is 8.42 Å². The van der Waals surface area contributed by atoms with Gasteiger partial charge in [0.25, 0.3) is 0 Å². The zero-order chi connectivity index (χ0) is 13.3. The molecule has 0 unspecified atom stereocenters. The third-order valence-electron chi connectivity index (χ3n) is 2.47. The summed E-state index contributed by atoms with van der Waals surface area (Å²) in [5.41, 5.74) is 6.88. The smallest absolute Gasteiger partial charge is 0.229 e. The predicted octanol–water partition coefficient (Wildman–Crippen LogP) is 2.05. The largest absolute Gasteiger partial charge is 0.367 e. The number of anilines is 1. The van der Waals surface area contributed by atoms with Crippen LogP contribution in [0.5, 0.6) is 0 Å². The summed E-state index contributed by atoms with van der Waals surface area (Å²) >= 11 is 1.38. The summed E-state index contributed by atoms with van der Waals surface area (Å²) in [6, 6.07) is 5.14. The summed E-state index contributed by atoms with van der Waals surface area (Å²) in [5.74, 6) is 0.173. The van der Waals surface area contributed by atoms with Crippen LogP contribution in [0.3, 0.4) is 0 Å². The normalized spacial score (nSPS) is 11.7. The number of benzene rings is 1. The molecule has 0 spiro atoms. The topological polar surface area (TPSA) is 86.2 Å². The van der Waals surface area contributed by atoms with E-state index in [2.05, 4.69) is 5.16 Å². The van der Waals surface area contributed by atoms with E-state index in [1.807, 2.05) is 6.26 Å². The van der Waals surface area contributed by atoms with Gasteiger partial charge in [0.1, 0.15) is 0 Å². The lowest BCUT2D eigenvalue weighted by atomic mass is 10.1. The number of nitrogen functional groups attached to an aromatic ring is 1. The van der Waals surface area contributed by atoms with Crippen LogP contribution in [-0.2, 0) is 9.84 Å². The molecule has 1 aromatic carbocycles. The average Bonchev–Trinajstić information content (AvgIpc) is 2.73. The van der Waals surface area contributed by atoms with E-state index in [9.17, 15) is 8.42 Å². The van der Waals surface area contributed by atoms with Gasteiger partial charge < -0.3 is 10.3 Å². The predicted molar refractivity (Wildman–Crippen MR) is 71.2 cm³/mol. The van der Waals surface area contributed by atoms with Crippen molar-refractivity contribution in [1.82, 2.24) is 5.16 Å². The first-order chi connectivity index (χ1) is 8.43. The Hall–Kier alpha value is -1.47. The van der Waals surface area contributed by atoms with E-state index in [1.165, 1.54) is 24.2 Å². The first-order valence-corrected chi connectivity index (χ1v) is 8.13. The zero-order valence-corrected chi connectivity index (χ0v) is 11.5. The van der Waals surface area contributed by atoms with E-state index in [0.717, 1.165) is 0 Å².